The van der Waals surface area contributed by atoms with Crippen LogP contribution in [-0.4, -0.2) is 41.6 Å². The molecule has 0 aromatic carbocycles. The van der Waals surface area contributed by atoms with Crippen molar-refractivity contribution >= 4 is 5.97 Å². The van der Waals surface area contributed by atoms with Crippen LogP contribution in [0.4, 0.5) is 0 Å². The number of likely N-dealkylation sites (tertiary alicyclic amines) is 1. The molecule has 1 saturated heterocycles. The van der Waals surface area contributed by atoms with Gasteiger partial charge < -0.3 is 10.5 Å². The first-order chi connectivity index (χ1) is 8.79. The summed E-state index contributed by atoms with van der Waals surface area (Å²) in [5.41, 5.74) is 5.51. The molecule has 1 rings (SSSR count). The number of unbranched alkanes of at least 4 members (excludes halogenated alkanes) is 1. The number of carbonyl (C=O) groups excluding carboxylic acids is 1. The zero-order valence-electron chi connectivity index (χ0n) is 13.0. The predicted molar refractivity (Wildman–Crippen MR) is 78.0 cm³/mol. The number of hydrogen-bond acceptors (Lipinski definition) is 4. The lowest BCUT2D eigenvalue weighted by Crippen LogP contribution is -2.46. The van der Waals surface area contributed by atoms with Gasteiger partial charge >= 0.3 is 5.97 Å². The van der Waals surface area contributed by atoms with Crippen LogP contribution in [0.3, 0.4) is 0 Å². The van der Waals surface area contributed by atoms with E-state index in [9.17, 15) is 4.79 Å². The fourth-order valence-electron chi connectivity index (χ4n) is 2.77. The summed E-state index contributed by atoms with van der Waals surface area (Å²) in [4.78, 5) is 14.2. The lowest BCUT2D eigenvalue weighted by atomic mass is 9.96. The molecule has 1 fully saturated rings. The van der Waals surface area contributed by atoms with E-state index < -0.39 is 5.54 Å². The van der Waals surface area contributed by atoms with Gasteiger partial charge in [-0.1, -0.05) is 0 Å². The summed E-state index contributed by atoms with van der Waals surface area (Å²) in [6.45, 7) is 10.9. The Morgan fingerprint density at radius 3 is 2.63 bits per heavy atom. The molecule has 0 aromatic rings. The van der Waals surface area contributed by atoms with Gasteiger partial charge in [-0.2, -0.15) is 0 Å². The van der Waals surface area contributed by atoms with Gasteiger partial charge in [-0.3, -0.25) is 9.69 Å². The van der Waals surface area contributed by atoms with Gasteiger partial charge in [0, 0.05) is 5.54 Å². The zero-order chi connectivity index (χ0) is 14.5. The van der Waals surface area contributed by atoms with Gasteiger partial charge in [-0.25, -0.2) is 0 Å². The van der Waals surface area contributed by atoms with Crippen LogP contribution in [-0.2, 0) is 9.53 Å². The van der Waals surface area contributed by atoms with Crippen molar-refractivity contribution in [3.8, 4) is 0 Å². The summed E-state index contributed by atoms with van der Waals surface area (Å²) in [5.74, 6) is -0.281. The zero-order valence-corrected chi connectivity index (χ0v) is 13.0. The molecule has 1 atom stereocenters. The van der Waals surface area contributed by atoms with Gasteiger partial charge in [0.15, 0.2) is 0 Å². The van der Waals surface area contributed by atoms with Gasteiger partial charge in [0.05, 0.1) is 6.61 Å². The molecule has 112 valence electrons. The first-order valence-electron chi connectivity index (χ1n) is 7.51. The fourth-order valence-corrected chi connectivity index (χ4v) is 2.77. The predicted octanol–water partition coefficient (Wildman–Crippen LogP) is 2.31. The van der Waals surface area contributed by atoms with Gasteiger partial charge in [-0.15, -0.1) is 0 Å². The maximum atomic E-state index is 11.7. The topological polar surface area (TPSA) is 55.6 Å². The van der Waals surface area contributed by atoms with Crippen LogP contribution in [0.2, 0.25) is 0 Å². The summed E-state index contributed by atoms with van der Waals surface area (Å²) >= 11 is 0. The summed E-state index contributed by atoms with van der Waals surface area (Å²) in [7, 11) is 0. The molecule has 4 nitrogen and oxygen atoms in total. The van der Waals surface area contributed by atoms with E-state index in [0.717, 1.165) is 19.4 Å². The van der Waals surface area contributed by atoms with E-state index >= 15 is 0 Å². The number of hydrogen-bond donors (Lipinski definition) is 1. The van der Waals surface area contributed by atoms with Crippen LogP contribution in [0.1, 0.15) is 59.8 Å². The monoisotopic (exact) mass is 270 g/mol. The second kappa shape index (κ2) is 6.71. The first-order valence-corrected chi connectivity index (χ1v) is 7.51. The molecule has 0 spiro atoms. The number of rotatable bonds is 7. The molecule has 0 aliphatic carbocycles. The Morgan fingerprint density at radius 2 is 2.11 bits per heavy atom. The van der Waals surface area contributed by atoms with E-state index in [1.807, 2.05) is 6.92 Å². The smallest absolute Gasteiger partial charge is 0.325 e. The largest absolute Gasteiger partial charge is 0.465 e. The van der Waals surface area contributed by atoms with Crippen LogP contribution >= 0.6 is 0 Å². The van der Waals surface area contributed by atoms with Crippen LogP contribution in [0.5, 0.6) is 0 Å². The average Bonchev–Trinajstić information content (AvgIpc) is 2.64. The first kappa shape index (κ1) is 16.4. The Labute approximate surface area is 117 Å². The molecule has 0 radical (unpaired) electrons. The van der Waals surface area contributed by atoms with Crippen LogP contribution < -0.4 is 5.73 Å². The third kappa shape index (κ3) is 4.77. The quantitative estimate of drug-likeness (QED) is 0.570. The van der Waals surface area contributed by atoms with Crippen molar-refractivity contribution in [1.82, 2.24) is 4.90 Å². The summed E-state index contributed by atoms with van der Waals surface area (Å²) < 4.78 is 5.00. The highest BCUT2D eigenvalue weighted by Crippen LogP contribution is 2.28. The van der Waals surface area contributed by atoms with Gasteiger partial charge in [0.2, 0.25) is 0 Å². The SMILES string of the molecule is CCOC(=O)C(C)(N)CCCCN1CCCC1(C)C. The van der Waals surface area contributed by atoms with Crippen molar-refractivity contribution in [2.45, 2.75) is 70.9 Å². The van der Waals surface area contributed by atoms with Crippen LogP contribution in [0, 0.1) is 0 Å². The highest BCUT2D eigenvalue weighted by atomic mass is 16.5. The van der Waals surface area contributed by atoms with Crippen molar-refractivity contribution in [2.24, 2.45) is 5.73 Å². The van der Waals surface area contributed by atoms with Crippen molar-refractivity contribution < 1.29 is 9.53 Å². The Kier molecular flexibility index (Phi) is 5.81. The standard InChI is InChI=1S/C15H30N2O2/c1-5-19-13(18)15(4,16)10-6-7-11-17-12-8-9-14(17,2)3/h5-12,16H2,1-4H3. The molecular weight excluding hydrogens is 240 g/mol. The van der Waals surface area contributed by atoms with E-state index in [-0.39, 0.29) is 5.97 Å². The number of nitrogens with zero attached hydrogens (tertiary/aromatic N) is 1. The molecule has 0 aromatic heterocycles. The lowest BCUT2D eigenvalue weighted by molar-refractivity contribution is -0.149. The maximum absolute atomic E-state index is 11.7. The molecule has 1 heterocycles. The molecule has 2 N–H and O–H groups in total. The molecule has 19 heavy (non-hydrogen) atoms. The lowest BCUT2D eigenvalue weighted by Gasteiger charge is -2.31. The highest BCUT2D eigenvalue weighted by Gasteiger charge is 2.32. The van der Waals surface area contributed by atoms with Crippen LogP contribution in [0.15, 0.2) is 0 Å². The van der Waals surface area contributed by atoms with Crippen molar-refractivity contribution in [1.29, 1.82) is 0 Å². The van der Waals surface area contributed by atoms with Crippen LogP contribution in [0.25, 0.3) is 0 Å². The summed E-state index contributed by atoms with van der Waals surface area (Å²) in [6, 6.07) is 0. The molecule has 0 saturated carbocycles. The van der Waals surface area contributed by atoms with Gasteiger partial charge in [-0.05, 0) is 72.9 Å². The molecule has 4 heteroatoms. The van der Waals surface area contributed by atoms with Crippen molar-refractivity contribution in [2.75, 3.05) is 19.7 Å². The summed E-state index contributed by atoms with van der Waals surface area (Å²) in [6.07, 6.45) is 5.34. The third-order valence-corrected chi connectivity index (χ3v) is 4.19. The van der Waals surface area contributed by atoms with Gasteiger partial charge in [0.1, 0.15) is 5.54 Å². The highest BCUT2D eigenvalue weighted by molar-refractivity contribution is 5.79. The second-order valence-electron chi connectivity index (χ2n) is 6.50. The van der Waals surface area contributed by atoms with E-state index in [0.29, 0.717) is 18.6 Å². The normalized spacial score (nSPS) is 22.2. The Bertz CT molecular complexity index is 301. The molecule has 0 bridgehead atoms. The van der Waals surface area contributed by atoms with E-state index in [1.165, 1.54) is 19.4 Å². The number of nitrogens with two attached hydrogens (primary N) is 1. The minimum absolute atomic E-state index is 0.281. The van der Waals surface area contributed by atoms with E-state index in [4.69, 9.17) is 10.5 Å². The van der Waals surface area contributed by atoms with E-state index in [1.54, 1.807) is 6.92 Å². The molecule has 1 aliphatic heterocycles. The second-order valence-corrected chi connectivity index (χ2v) is 6.50. The van der Waals surface area contributed by atoms with E-state index in [2.05, 4.69) is 18.7 Å². The Morgan fingerprint density at radius 1 is 1.42 bits per heavy atom. The minimum Gasteiger partial charge on any atom is -0.465 e. The molecular formula is C15H30N2O2. The van der Waals surface area contributed by atoms with Crippen molar-refractivity contribution in [3.63, 3.8) is 0 Å². The minimum atomic E-state index is -0.837. The average molecular weight is 270 g/mol. The fraction of sp³-hybridized carbons (Fsp3) is 0.933. The number of ether oxygens (including phenoxy) is 1. The molecule has 1 aliphatic rings. The Hall–Kier alpha value is -0.610. The molecule has 0 amide bonds. The number of carbonyl (C=O) groups is 1. The Balaban J connectivity index is 2.25. The summed E-state index contributed by atoms with van der Waals surface area (Å²) in [5, 5.41) is 0. The third-order valence-electron chi connectivity index (χ3n) is 4.19. The van der Waals surface area contributed by atoms with Gasteiger partial charge in [0.25, 0.3) is 0 Å². The number of esters is 1. The maximum Gasteiger partial charge on any atom is 0.325 e. The molecule has 1 unspecified atom stereocenters. The van der Waals surface area contributed by atoms with Crippen molar-refractivity contribution in [3.05, 3.63) is 0 Å².